The molecule has 0 radical (unpaired) electrons. The molecule has 0 spiro atoms. The van der Waals surface area contributed by atoms with E-state index in [0.29, 0.717) is 6.04 Å². The average molecular weight is 381 g/mol. The Morgan fingerprint density at radius 3 is 2.65 bits per heavy atom. The van der Waals surface area contributed by atoms with Crippen LogP contribution in [0.3, 0.4) is 0 Å². The maximum atomic E-state index is 6.30. The normalized spacial score (nSPS) is 16.8. The topological polar surface area (TPSA) is 48.9 Å². The zero-order valence-corrected chi connectivity index (χ0v) is 17.3. The molecule has 0 aromatic heterocycles. The van der Waals surface area contributed by atoms with Crippen LogP contribution >= 0.6 is 11.6 Å². The molecule has 0 saturated carbocycles. The second-order valence-electron chi connectivity index (χ2n) is 7.32. The second kappa shape index (κ2) is 10.6. The predicted octanol–water partition coefficient (Wildman–Crippen LogP) is 3.18. The molecule has 0 unspecified atom stereocenters. The van der Waals surface area contributed by atoms with Crippen LogP contribution < -0.4 is 15.4 Å². The lowest BCUT2D eigenvalue weighted by atomic mass is 10.0. The molecule has 6 heteroatoms. The molecule has 5 nitrogen and oxygen atoms in total. The zero-order valence-electron chi connectivity index (χ0n) is 16.5. The van der Waals surface area contributed by atoms with Crippen molar-refractivity contribution in [2.75, 3.05) is 40.3 Å². The molecule has 0 bridgehead atoms. The largest absolute Gasteiger partial charge is 0.497 e. The van der Waals surface area contributed by atoms with Crippen LogP contribution in [0.15, 0.2) is 23.2 Å². The van der Waals surface area contributed by atoms with Gasteiger partial charge in [0.05, 0.1) is 7.11 Å². The van der Waals surface area contributed by atoms with Gasteiger partial charge >= 0.3 is 0 Å². The zero-order chi connectivity index (χ0) is 18.9. The number of nitrogens with one attached hydrogen (secondary N) is 2. The molecule has 0 atom stereocenters. The third kappa shape index (κ3) is 6.69. The molecule has 1 aliphatic rings. The maximum absolute atomic E-state index is 6.30. The SMILES string of the molecule is CN=C(NCCc1ccc(OC)cc1Cl)NC1CCN(CC(C)C)CC1. The molecule has 1 saturated heterocycles. The lowest BCUT2D eigenvalue weighted by Crippen LogP contribution is -2.49. The molecule has 2 N–H and O–H groups in total. The molecular formula is C20H33ClN4O. The smallest absolute Gasteiger partial charge is 0.191 e. The summed E-state index contributed by atoms with van der Waals surface area (Å²) in [6.07, 6.45) is 3.17. The van der Waals surface area contributed by atoms with E-state index in [1.165, 1.54) is 6.54 Å². The van der Waals surface area contributed by atoms with Crippen molar-refractivity contribution in [3.8, 4) is 5.75 Å². The van der Waals surface area contributed by atoms with E-state index < -0.39 is 0 Å². The van der Waals surface area contributed by atoms with Crippen molar-refractivity contribution >= 4 is 17.6 Å². The Kier molecular flexibility index (Phi) is 8.52. The van der Waals surface area contributed by atoms with Gasteiger partial charge < -0.3 is 20.3 Å². The summed E-state index contributed by atoms with van der Waals surface area (Å²) >= 11 is 6.30. The summed E-state index contributed by atoms with van der Waals surface area (Å²) in [5.41, 5.74) is 1.11. The Hall–Kier alpha value is -1.46. The standard InChI is InChI=1S/C20H33ClN4O/c1-15(2)14-25-11-8-17(9-12-25)24-20(22-3)23-10-7-16-5-6-18(26-4)13-19(16)21/h5-6,13,15,17H,7-12,14H2,1-4H3,(H2,22,23,24). The van der Waals surface area contributed by atoms with Crippen molar-refractivity contribution in [2.24, 2.45) is 10.9 Å². The highest BCUT2D eigenvalue weighted by atomic mass is 35.5. The molecule has 146 valence electrons. The summed E-state index contributed by atoms with van der Waals surface area (Å²) in [4.78, 5) is 6.92. The summed E-state index contributed by atoms with van der Waals surface area (Å²) in [5, 5.41) is 7.70. The number of aliphatic imine (C=N–C) groups is 1. The number of piperidine rings is 1. The number of guanidine groups is 1. The molecule has 0 amide bonds. The number of hydrogen-bond donors (Lipinski definition) is 2. The highest BCUT2D eigenvalue weighted by molar-refractivity contribution is 6.31. The van der Waals surface area contributed by atoms with Gasteiger partial charge in [0.1, 0.15) is 5.75 Å². The first-order chi connectivity index (χ1) is 12.5. The van der Waals surface area contributed by atoms with Crippen LogP contribution in [0.5, 0.6) is 5.75 Å². The van der Waals surface area contributed by atoms with Gasteiger partial charge in [-0.05, 0) is 42.9 Å². The summed E-state index contributed by atoms with van der Waals surface area (Å²) in [6, 6.07) is 6.31. The Morgan fingerprint density at radius 1 is 1.35 bits per heavy atom. The summed E-state index contributed by atoms with van der Waals surface area (Å²) in [7, 11) is 3.47. The van der Waals surface area contributed by atoms with Crippen molar-refractivity contribution in [2.45, 2.75) is 39.2 Å². The molecule has 0 aliphatic carbocycles. The maximum Gasteiger partial charge on any atom is 0.191 e. The van der Waals surface area contributed by atoms with Crippen LogP contribution in [0.4, 0.5) is 0 Å². The summed E-state index contributed by atoms with van der Waals surface area (Å²) in [5.74, 6) is 2.39. The lowest BCUT2D eigenvalue weighted by molar-refractivity contribution is 0.187. The van der Waals surface area contributed by atoms with E-state index in [4.69, 9.17) is 16.3 Å². The molecular weight excluding hydrogens is 348 g/mol. The first-order valence-corrected chi connectivity index (χ1v) is 9.91. The number of nitrogens with zero attached hydrogens (tertiary/aromatic N) is 2. The van der Waals surface area contributed by atoms with Gasteiger partial charge in [-0.1, -0.05) is 31.5 Å². The van der Waals surface area contributed by atoms with Crippen LogP contribution in [-0.4, -0.2) is 57.2 Å². The minimum absolute atomic E-state index is 0.495. The highest BCUT2D eigenvalue weighted by Gasteiger charge is 2.20. The van der Waals surface area contributed by atoms with Gasteiger partial charge in [0.15, 0.2) is 5.96 Å². The Morgan fingerprint density at radius 2 is 2.08 bits per heavy atom. The Labute approximate surface area is 163 Å². The number of methoxy groups -OCH3 is 1. The fraction of sp³-hybridized carbons (Fsp3) is 0.650. The van der Waals surface area contributed by atoms with E-state index in [-0.39, 0.29) is 0 Å². The molecule has 1 aromatic carbocycles. The molecule has 1 aromatic rings. The minimum Gasteiger partial charge on any atom is -0.497 e. The van der Waals surface area contributed by atoms with Gasteiger partial charge in [0.25, 0.3) is 0 Å². The van der Waals surface area contributed by atoms with Gasteiger partial charge in [0, 0.05) is 44.3 Å². The molecule has 1 aliphatic heterocycles. The second-order valence-corrected chi connectivity index (χ2v) is 7.73. The van der Waals surface area contributed by atoms with Crippen molar-refractivity contribution in [1.29, 1.82) is 0 Å². The number of ether oxygens (including phenoxy) is 1. The fourth-order valence-corrected chi connectivity index (χ4v) is 3.60. The lowest BCUT2D eigenvalue weighted by Gasteiger charge is -2.34. The van der Waals surface area contributed by atoms with Gasteiger partial charge in [0.2, 0.25) is 0 Å². The fourth-order valence-electron chi connectivity index (χ4n) is 3.34. The monoisotopic (exact) mass is 380 g/mol. The molecule has 1 fully saturated rings. The van der Waals surface area contributed by atoms with Crippen molar-refractivity contribution < 1.29 is 4.74 Å². The molecule has 26 heavy (non-hydrogen) atoms. The first kappa shape index (κ1) is 20.8. The van der Waals surface area contributed by atoms with E-state index in [1.54, 1.807) is 7.11 Å². The summed E-state index contributed by atoms with van der Waals surface area (Å²) < 4.78 is 5.19. The first-order valence-electron chi connectivity index (χ1n) is 9.53. The van der Waals surface area contributed by atoms with Crippen molar-refractivity contribution in [3.63, 3.8) is 0 Å². The van der Waals surface area contributed by atoms with Crippen LogP contribution in [-0.2, 0) is 6.42 Å². The van der Waals surface area contributed by atoms with Crippen molar-refractivity contribution in [1.82, 2.24) is 15.5 Å². The molecule has 1 heterocycles. The van der Waals surface area contributed by atoms with Gasteiger partial charge in [-0.3, -0.25) is 4.99 Å². The average Bonchev–Trinajstić information content (AvgIpc) is 2.63. The van der Waals surface area contributed by atoms with Crippen LogP contribution in [0.2, 0.25) is 5.02 Å². The van der Waals surface area contributed by atoms with Gasteiger partial charge in [-0.2, -0.15) is 0 Å². The van der Waals surface area contributed by atoms with Crippen LogP contribution in [0.25, 0.3) is 0 Å². The van der Waals surface area contributed by atoms with E-state index in [9.17, 15) is 0 Å². The number of benzene rings is 1. The number of hydrogen-bond acceptors (Lipinski definition) is 3. The third-order valence-electron chi connectivity index (χ3n) is 4.72. The number of rotatable bonds is 7. The van der Waals surface area contributed by atoms with Crippen LogP contribution in [0.1, 0.15) is 32.3 Å². The van der Waals surface area contributed by atoms with E-state index >= 15 is 0 Å². The number of halogens is 1. The van der Waals surface area contributed by atoms with Gasteiger partial charge in [-0.15, -0.1) is 0 Å². The van der Waals surface area contributed by atoms with Crippen molar-refractivity contribution in [3.05, 3.63) is 28.8 Å². The summed E-state index contributed by atoms with van der Waals surface area (Å²) in [6.45, 7) is 8.87. The van der Waals surface area contributed by atoms with E-state index in [1.807, 2.05) is 25.2 Å². The van der Waals surface area contributed by atoms with E-state index in [2.05, 4.69) is 34.4 Å². The van der Waals surface area contributed by atoms with Crippen LogP contribution in [0, 0.1) is 5.92 Å². The predicted molar refractivity (Wildman–Crippen MR) is 111 cm³/mol. The molecule has 2 rings (SSSR count). The minimum atomic E-state index is 0.495. The number of likely N-dealkylation sites (tertiary alicyclic amines) is 1. The third-order valence-corrected chi connectivity index (χ3v) is 5.07. The Balaban J connectivity index is 1.73. The highest BCUT2D eigenvalue weighted by Crippen LogP contribution is 2.22. The quantitative estimate of drug-likeness (QED) is 0.563. The van der Waals surface area contributed by atoms with E-state index in [0.717, 1.165) is 67.1 Å². The Bertz CT molecular complexity index is 583. The van der Waals surface area contributed by atoms with Gasteiger partial charge in [-0.25, -0.2) is 0 Å².